The maximum atomic E-state index is 11.7. The normalized spacial score (nSPS) is 13.9. The smallest absolute Gasteiger partial charge is 0.227 e. The van der Waals surface area contributed by atoms with Gasteiger partial charge in [0.1, 0.15) is 17.4 Å². The number of hydrogen-bond donors (Lipinski definition) is 3. The summed E-state index contributed by atoms with van der Waals surface area (Å²) in [5.41, 5.74) is 4.16. The van der Waals surface area contributed by atoms with Crippen LogP contribution in [0.5, 0.6) is 5.75 Å². The molecule has 0 saturated carbocycles. The number of para-hydroxylation sites is 1. The summed E-state index contributed by atoms with van der Waals surface area (Å²) in [5.74, 6) is 4.41. The number of likely N-dealkylation sites (tertiary alicyclic amines) is 2. The minimum absolute atomic E-state index is 0.274. The molecule has 0 radical (unpaired) electrons. The number of carbonyl (C=O) groups excluding carboxylic acids is 2. The van der Waals surface area contributed by atoms with E-state index >= 15 is 0 Å². The van der Waals surface area contributed by atoms with Gasteiger partial charge in [-0.05, 0) is 60.2 Å². The summed E-state index contributed by atoms with van der Waals surface area (Å²) in [4.78, 5) is 48.3. The number of anilines is 4. The highest BCUT2D eigenvalue weighted by Crippen LogP contribution is 2.30. The fourth-order valence-electron chi connectivity index (χ4n) is 6.99. The van der Waals surface area contributed by atoms with Gasteiger partial charge in [-0.15, -0.1) is 22.7 Å². The van der Waals surface area contributed by atoms with Gasteiger partial charge in [0.15, 0.2) is 0 Å². The molecule has 13 nitrogen and oxygen atoms in total. The van der Waals surface area contributed by atoms with E-state index < -0.39 is 0 Å². The summed E-state index contributed by atoms with van der Waals surface area (Å²) < 4.78 is 7.54. The van der Waals surface area contributed by atoms with Crippen molar-refractivity contribution in [2.24, 2.45) is 0 Å². The summed E-state index contributed by atoms with van der Waals surface area (Å²) >= 11 is 3.28. The lowest BCUT2D eigenvalue weighted by Gasteiger charge is -2.19. The Hall–Kier alpha value is -5.54. The highest BCUT2D eigenvalue weighted by molar-refractivity contribution is 7.18. The SMILES string of the molecule is CN(Cc1ccccc1)c1nc(NCCCN2CCCC2=O)c2sccc2n1.COc1ccccc1CNc1nc(NCCCN2CCCC2=O)c2sccc2n1. The van der Waals surface area contributed by atoms with Crippen molar-refractivity contribution < 1.29 is 14.3 Å². The molecule has 2 amide bonds. The van der Waals surface area contributed by atoms with E-state index in [0.29, 0.717) is 31.3 Å². The third-order valence-electron chi connectivity index (χ3n) is 9.97. The maximum Gasteiger partial charge on any atom is 0.227 e. The second-order valence-electron chi connectivity index (χ2n) is 14.1. The van der Waals surface area contributed by atoms with Gasteiger partial charge in [-0.2, -0.15) is 9.97 Å². The highest BCUT2D eigenvalue weighted by atomic mass is 32.1. The average Bonchev–Trinajstić information content (AvgIpc) is 4.07. The van der Waals surface area contributed by atoms with Gasteiger partial charge in [0.2, 0.25) is 23.7 Å². The average molecular weight is 807 g/mol. The second kappa shape index (κ2) is 19.6. The van der Waals surface area contributed by atoms with Crippen LogP contribution in [0.25, 0.3) is 20.4 Å². The van der Waals surface area contributed by atoms with Crippen LogP contribution < -0.4 is 25.6 Å². The molecule has 2 aliphatic heterocycles. The van der Waals surface area contributed by atoms with E-state index in [4.69, 9.17) is 14.7 Å². The van der Waals surface area contributed by atoms with Crippen LogP contribution in [0.4, 0.5) is 23.5 Å². The first-order chi connectivity index (χ1) is 27.9. The summed E-state index contributed by atoms with van der Waals surface area (Å²) in [6, 6.07) is 22.3. The van der Waals surface area contributed by atoms with Crippen LogP contribution in [0.1, 0.15) is 49.7 Å². The van der Waals surface area contributed by atoms with Crippen molar-refractivity contribution in [3.05, 3.63) is 88.6 Å². The van der Waals surface area contributed by atoms with Gasteiger partial charge in [0, 0.05) is 77.8 Å². The molecule has 0 bridgehead atoms. The lowest BCUT2D eigenvalue weighted by Crippen LogP contribution is -2.27. The molecule has 57 heavy (non-hydrogen) atoms. The summed E-state index contributed by atoms with van der Waals surface area (Å²) in [6.45, 7) is 6.28. The molecular weight excluding hydrogens is 757 g/mol. The van der Waals surface area contributed by atoms with Crippen LogP contribution >= 0.6 is 22.7 Å². The number of benzene rings is 2. The number of ether oxygens (including phenoxy) is 1. The number of nitrogens with zero attached hydrogens (tertiary/aromatic N) is 7. The summed E-state index contributed by atoms with van der Waals surface area (Å²) in [7, 11) is 3.69. The third kappa shape index (κ3) is 10.5. The fraction of sp³-hybridized carbons (Fsp3) is 0.381. The van der Waals surface area contributed by atoms with Crippen molar-refractivity contribution in [1.29, 1.82) is 0 Å². The molecule has 2 saturated heterocycles. The van der Waals surface area contributed by atoms with Crippen molar-refractivity contribution in [3.63, 3.8) is 0 Å². The Labute approximate surface area is 341 Å². The van der Waals surface area contributed by atoms with E-state index in [1.807, 2.05) is 76.8 Å². The van der Waals surface area contributed by atoms with Crippen LogP contribution in [0, 0.1) is 0 Å². The van der Waals surface area contributed by atoms with E-state index in [9.17, 15) is 9.59 Å². The Morgan fingerprint density at radius 3 is 1.93 bits per heavy atom. The van der Waals surface area contributed by atoms with E-state index in [1.54, 1.807) is 29.8 Å². The van der Waals surface area contributed by atoms with Gasteiger partial charge >= 0.3 is 0 Å². The molecule has 298 valence electrons. The number of amides is 2. The molecule has 2 aromatic carbocycles. The lowest BCUT2D eigenvalue weighted by molar-refractivity contribution is -0.128. The number of rotatable bonds is 17. The fourth-order valence-corrected chi connectivity index (χ4v) is 8.58. The highest BCUT2D eigenvalue weighted by Gasteiger charge is 2.20. The largest absolute Gasteiger partial charge is 0.496 e. The molecular formula is C42H50N10O3S2. The number of thiophene rings is 2. The molecule has 15 heteroatoms. The van der Waals surface area contributed by atoms with Crippen molar-refractivity contribution in [2.45, 2.75) is 51.6 Å². The molecule has 0 atom stereocenters. The predicted octanol–water partition coefficient (Wildman–Crippen LogP) is 7.49. The van der Waals surface area contributed by atoms with E-state index in [0.717, 1.165) is 115 Å². The summed E-state index contributed by atoms with van der Waals surface area (Å²) in [5, 5.41) is 14.3. The molecule has 2 aliphatic rings. The van der Waals surface area contributed by atoms with E-state index in [-0.39, 0.29) is 11.8 Å². The van der Waals surface area contributed by atoms with Gasteiger partial charge in [-0.1, -0.05) is 48.5 Å². The Morgan fingerprint density at radius 2 is 1.32 bits per heavy atom. The van der Waals surface area contributed by atoms with Gasteiger partial charge in [0.25, 0.3) is 0 Å². The minimum Gasteiger partial charge on any atom is -0.496 e. The second-order valence-corrected chi connectivity index (χ2v) is 15.9. The van der Waals surface area contributed by atoms with Crippen molar-refractivity contribution in [2.75, 3.05) is 74.3 Å². The Bertz CT molecular complexity index is 2250. The number of carbonyl (C=O) groups is 2. The lowest BCUT2D eigenvalue weighted by atomic mass is 10.2. The predicted molar refractivity (Wildman–Crippen MR) is 232 cm³/mol. The Balaban J connectivity index is 0.000000174. The number of fused-ring (bicyclic) bond motifs is 2. The molecule has 0 spiro atoms. The first-order valence-corrected chi connectivity index (χ1v) is 21.4. The molecule has 3 N–H and O–H groups in total. The zero-order valence-corrected chi connectivity index (χ0v) is 34.2. The van der Waals surface area contributed by atoms with Gasteiger partial charge in [0.05, 0.1) is 27.5 Å². The molecule has 0 aliphatic carbocycles. The number of hydrogen-bond acceptors (Lipinski definition) is 13. The molecule has 6 heterocycles. The Morgan fingerprint density at radius 1 is 0.719 bits per heavy atom. The number of aromatic nitrogens is 4. The molecule has 4 aromatic heterocycles. The zero-order valence-electron chi connectivity index (χ0n) is 32.6. The standard InChI is InChI=1S/C21H25N5O2S.C21H25N5OS/c1-28-17-7-3-2-6-15(17)14-23-21-24-16-9-13-29-19(16)20(25-21)22-10-5-12-26-11-4-8-18(26)27;1-25(15-16-7-3-2-4-8-16)21-23-17-10-14-28-19(17)20(24-21)22-11-6-13-26-12-5-9-18(26)27/h2-3,6-7,9,13H,4-5,8,10-12,14H2,1H3,(H2,22,23,24,25);2-4,7-8,10,14H,5-6,9,11-13,15H2,1H3,(H,22,23,24). The van der Waals surface area contributed by atoms with Crippen molar-refractivity contribution in [3.8, 4) is 5.75 Å². The van der Waals surface area contributed by atoms with Crippen LogP contribution in [0.2, 0.25) is 0 Å². The maximum absolute atomic E-state index is 11.7. The molecule has 2 fully saturated rings. The van der Waals surface area contributed by atoms with Crippen molar-refractivity contribution in [1.82, 2.24) is 29.7 Å². The van der Waals surface area contributed by atoms with Gasteiger partial charge < -0.3 is 35.4 Å². The molecule has 6 aromatic rings. The van der Waals surface area contributed by atoms with Gasteiger partial charge in [-0.25, -0.2) is 9.97 Å². The monoisotopic (exact) mass is 806 g/mol. The van der Waals surface area contributed by atoms with Crippen molar-refractivity contribution >= 4 is 78.5 Å². The molecule has 8 rings (SSSR count). The first kappa shape index (κ1) is 39.7. The molecule has 0 unspecified atom stereocenters. The quantitative estimate of drug-likeness (QED) is 0.0790. The van der Waals surface area contributed by atoms with Crippen LogP contribution in [0.3, 0.4) is 0 Å². The Kier molecular flexibility index (Phi) is 13.6. The third-order valence-corrected chi connectivity index (χ3v) is 11.8. The first-order valence-electron chi connectivity index (χ1n) is 19.6. The van der Waals surface area contributed by atoms with E-state index in [1.165, 1.54) is 5.56 Å². The summed E-state index contributed by atoms with van der Waals surface area (Å²) in [6.07, 6.45) is 5.17. The van der Waals surface area contributed by atoms with Gasteiger partial charge in [-0.3, -0.25) is 9.59 Å². The number of methoxy groups -OCH3 is 1. The van der Waals surface area contributed by atoms with E-state index in [2.05, 4.69) is 48.3 Å². The topological polar surface area (TPSA) is 141 Å². The minimum atomic E-state index is 0.274. The van der Waals surface area contributed by atoms with Crippen LogP contribution in [0.15, 0.2) is 77.5 Å². The van der Waals surface area contributed by atoms with Crippen LogP contribution in [-0.4, -0.2) is 95.0 Å². The zero-order chi connectivity index (χ0) is 39.4. The number of nitrogens with one attached hydrogen (secondary N) is 3. The van der Waals surface area contributed by atoms with Crippen LogP contribution in [-0.2, 0) is 22.7 Å².